The van der Waals surface area contributed by atoms with Crippen molar-refractivity contribution in [3.63, 3.8) is 0 Å². The molecule has 3 aromatic rings. The lowest BCUT2D eigenvalue weighted by Gasteiger charge is -2.28. The number of carbonyl (C=O) groups excluding carboxylic acids is 5. The Morgan fingerprint density at radius 1 is 0.980 bits per heavy atom. The van der Waals surface area contributed by atoms with Crippen molar-refractivity contribution in [1.82, 2.24) is 14.8 Å². The van der Waals surface area contributed by atoms with Crippen molar-refractivity contribution in [3.05, 3.63) is 77.5 Å². The predicted octanol–water partition coefficient (Wildman–Crippen LogP) is 6.28. The van der Waals surface area contributed by atoms with Gasteiger partial charge in [-0.25, -0.2) is 19.5 Å². The van der Waals surface area contributed by atoms with Gasteiger partial charge >= 0.3 is 18.0 Å². The molecule has 0 bridgehead atoms. The third-order valence-corrected chi connectivity index (χ3v) is 9.07. The molecule has 1 aliphatic carbocycles. The fourth-order valence-corrected chi connectivity index (χ4v) is 6.03. The van der Waals surface area contributed by atoms with Crippen molar-refractivity contribution in [2.24, 2.45) is 5.92 Å². The fraction of sp³-hybridized carbons (Fsp3) is 0.421. The van der Waals surface area contributed by atoms with Crippen LogP contribution in [-0.4, -0.2) is 69.4 Å². The molecule has 2 aromatic carbocycles. The van der Waals surface area contributed by atoms with E-state index < -0.39 is 35.5 Å². The van der Waals surface area contributed by atoms with Crippen molar-refractivity contribution in [2.75, 3.05) is 23.1 Å². The van der Waals surface area contributed by atoms with Gasteiger partial charge in [-0.3, -0.25) is 14.4 Å². The fourth-order valence-electron chi connectivity index (χ4n) is 6.03. The van der Waals surface area contributed by atoms with E-state index in [1.54, 1.807) is 64.1 Å². The Kier molecular flexibility index (Phi) is 11.3. The van der Waals surface area contributed by atoms with E-state index in [1.165, 1.54) is 18.2 Å². The molecular weight excluding hydrogens is 652 g/mol. The summed E-state index contributed by atoms with van der Waals surface area (Å²) in [5.74, 6) is -0.518. The quantitative estimate of drug-likeness (QED) is 0.131. The normalized spacial score (nSPS) is 15.8. The van der Waals surface area contributed by atoms with Crippen LogP contribution in [0.2, 0.25) is 0 Å². The molecule has 0 spiro atoms. The molecule has 0 radical (unpaired) electrons. The number of nitrogens with zero attached hydrogens (tertiary/aromatic N) is 3. The van der Waals surface area contributed by atoms with E-state index in [2.05, 4.69) is 20.9 Å². The third-order valence-electron chi connectivity index (χ3n) is 9.07. The Morgan fingerprint density at radius 3 is 2.39 bits per heavy atom. The summed E-state index contributed by atoms with van der Waals surface area (Å²) in [6, 6.07) is 13.9. The molecule has 3 N–H and O–H groups in total. The number of imide groups is 1. The van der Waals surface area contributed by atoms with Gasteiger partial charge in [0, 0.05) is 24.8 Å². The van der Waals surface area contributed by atoms with E-state index in [9.17, 15) is 24.0 Å². The van der Waals surface area contributed by atoms with Gasteiger partial charge in [-0.2, -0.15) is 0 Å². The van der Waals surface area contributed by atoms with Crippen LogP contribution in [0.5, 0.6) is 5.75 Å². The number of ether oxygens (including phenoxy) is 2. The van der Waals surface area contributed by atoms with Gasteiger partial charge < -0.3 is 30.3 Å². The minimum absolute atomic E-state index is 0.0504. The molecule has 1 aliphatic heterocycles. The first-order valence-corrected chi connectivity index (χ1v) is 17.2. The van der Waals surface area contributed by atoms with Crippen LogP contribution in [0.15, 0.2) is 60.8 Å². The largest absolute Gasteiger partial charge is 0.495 e. The zero-order chi connectivity index (χ0) is 36.9. The molecule has 13 heteroatoms. The Balaban J connectivity index is 1.31. The summed E-state index contributed by atoms with van der Waals surface area (Å²) in [5.41, 5.74) is 2.04. The van der Waals surface area contributed by atoms with E-state index in [-0.39, 0.29) is 36.8 Å². The van der Waals surface area contributed by atoms with E-state index >= 15 is 0 Å². The Labute approximate surface area is 298 Å². The summed E-state index contributed by atoms with van der Waals surface area (Å²) in [7, 11) is 1.48. The van der Waals surface area contributed by atoms with Crippen molar-refractivity contribution in [3.8, 4) is 5.75 Å². The topological polar surface area (TPSA) is 159 Å². The maximum atomic E-state index is 14.1. The average molecular weight is 699 g/mol. The highest BCUT2D eigenvalue weighted by molar-refractivity contribution is 6.11. The molecule has 1 atom stereocenters. The molecule has 0 unspecified atom stereocenters. The first-order chi connectivity index (χ1) is 24.3. The number of pyridine rings is 1. The molecule has 270 valence electrons. The molecule has 51 heavy (non-hydrogen) atoms. The van der Waals surface area contributed by atoms with E-state index in [0.717, 1.165) is 23.3 Å². The summed E-state index contributed by atoms with van der Waals surface area (Å²) in [5, 5.41) is 8.48. The van der Waals surface area contributed by atoms with E-state index in [0.29, 0.717) is 41.1 Å². The number of para-hydroxylation sites is 1. The summed E-state index contributed by atoms with van der Waals surface area (Å²) in [6.07, 6.45) is 3.83. The summed E-state index contributed by atoms with van der Waals surface area (Å²) in [6.45, 7) is 8.82. The monoisotopic (exact) mass is 698 g/mol. The number of methoxy groups -OCH3 is 1. The molecule has 13 nitrogen and oxygen atoms in total. The Bertz CT molecular complexity index is 1800. The number of hydrogen-bond donors (Lipinski definition) is 3. The molecule has 1 saturated carbocycles. The number of amides is 6. The van der Waals surface area contributed by atoms with Gasteiger partial charge in [-0.15, -0.1) is 0 Å². The lowest BCUT2D eigenvalue weighted by Crippen LogP contribution is -2.49. The zero-order valence-electron chi connectivity index (χ0n) is 29.9. The first-order valence-electron chi connectivity index (χ1n) is 17.2. The van der Waals surface area contributed by atoms with Gasteiger partial charge in [0.1, 0.15) is 23.1 Å². The number of anilines is 3. The Hall–Kier alpha value is -5.46. The van der Waals surface area contributed by atoms with E-state index in [1.807, 2.05) is 25.1 Å². The number of urea groups is 2. The SMILES string of the molecule is COc1cc(CN2C(=O)N([C@@H](CC3CC3)C(=O)Nc3ncccc3CCC(=O)OC(C)C)C(=O)C2(C)C)ccc1NC(=O)Nc1ccccc1C. The van der Waals surface area contributed by atoms with Crippen molar-refractivity contribution < 1.29 is 33.4 Å². The van der Waals surface area contributed by atoms with Gasteiger partial charge in [0.2, 0.25) is 5.91 Å². The second-order valence-corrected chi connectivity index (χ2v) is 13.8. The van der Waals surface area contributed by atoms with Crippen LogP contribution in [0.1, 0.15) is 70.1 Å². The second-order valence-electron chi connectivity index (χ2n) is 13.8. The number of aryl methyl sites for hydroxylation is 2. The van der Waals surface area contributed by atoms with Crippen LogP contribution >= 0.6 is 0 Å². The molecule has 6 amide bonds. The second kappa shape index (κ2) is 15.6. The first kappa shape index (κ1) is 36.8. The maximum Gasteiger partial charge on any atom is 0.328 e. The summed E-state index contributed by atoms with van der Waals surface area (Å²) >= 11 is 0. The average Bonchev–Trinajstić information content (AvgIpc) is 3.89. The molecule has 2 fully saturated rings. The number of carbonyl (C=O) groups is 5. The molecule has 2 aliphatic rings. The lowest BCUT2D eigenvalue weighted by molar-refractivity contribution is -0.147. The smallest absolute Gasteiger partial charge is 0.328 e. The predicted molar refractivity (Wildman–Crippen MR) is 192 cm³/mol. The van der Waals surface area contributed by atoms with Gasteiger partial charge in [-0.1, -0.05) is 43.2 Å². The minimum Gasteiger partial charge on any atom is -0.495 e. The van der Waals surface area contributed by atoms with Gasteiger partial charge in [0.15, 0.2) is 0 Å². The maximum absolute atomic E-state index is 14.1. The van der Waals surface area contributed by atoms with Crippen LogP contribution in [0.4, 0.5) is 26.8 Å². The third kappa shape index (κ3) is 8.83. The van der Waals surface area contributed by atoms with Gasteiger partial charge in [0.05, 0.1) is 18.9 Å². The highest BCUT2D eigenvalue weighted by Crippen LogP contribution is 2.39. The lowest BCUT2D eigenvalue weighted by atomic mass is 10.0. The Morgan fingerprint density at radius 2 is 1.71 bits per heavy atom. The van der Waals surface area contributed by atoms with Crippen LogP contribution in [0.25, 0.3) is 0 Å². The number of esters is 1. The van der Waals surface area contributed by atoms with Crippen LogP contribution in [-0.2, 0) is 32.1 Å². The van der Waals surface area contributed by atoms with Gasteiger partial charge in [-0.05, 0) is 94.3 Å². The standard InChI is InChI=1S/C38H46N6O7/c1-23(2)51-32(45)18-16-27-11-9-19-39-33(27)42-34(46)30(20-25-13-14-25)44-35(47)38(4,5)43(37(44)49)22-26-15-17-29(31(21-26)50-6)41-36(48)40-28-12-8-7-10-24(28)3/h7-12,15,17,19,21,23,25,30H,13-14,16,18,20,22H2,1-6H3,(H,39,42,46)(H2,40,41,48)/t30-/m0/s1. The van der Waals surface area contributed by atoms with Gasteiger partial charge in [0.25, 0.3) is 5.91 Å². The molecular formula is C38H46N6O7. The number of rotatable bonds is 14. The number of aromatic nitrogens is 1. The summed E-state index contributed by atoms with van der Waals surface area (Å²) < 4.78 is 10.8. The van der Waals surface area contributed by atoms with Crippen LogP contribution < -0.4 is 20.7 Å². The minimum atomic E-state index is -1.26. The van der Waals surface area contributed by atoms with Crippen molar-refractivity contribution in [2.45, 2.75) is 91.0 Å². The summed E-state index contributed by atoms with van der Waals surface area (Å²) in [4.78, 5) is 73.9. The molecule has 1 saturated heterocycles. The highest BCUT2D eigenvalue weighted by Gasteiger charge is 2.55. The van der Waals surface area contributed by atoms with Crippen LogP contribution in [0.3, 0.4) is 0 Å². The number of hydrogen-bond acceptors (Lipinski definition) is 8. The highest BCUT2D eigenvalue weighted by atomic mass is 16.5. The van der Waals surface area contributed by atoms with Crippen molar-refractivity contribution >= 4 is 47.0 Å². The van der Waals surface area contributed by atoms with Crippen molar-refractivity contribution in [1.29, 1.82) is 0 Å². The molecule has 5 rings (SSSR count). The van der Waals surface area contributed by atoms with E-state index in [4.69, 9.17) is 9.47 Å². The van der Waals surface area contributed by atoms with Crippen LogP contribution in [0, 0.1) is 12.8 Å². The number of benzene rings is 2. The zero-order valence-corrected chi connectivity index (χ0v) is 29.9. The number of nitrogens with one attached hydrogen (secondary N) is 3. The molecule has 1 aromatic heterocycles. The molecule has 2 heterocycles.